The Morgan fingerprint density at radius 1 is 1.08 bits per heavy atom. The zero-order valence-corrected chi connectivity index (χ0v) is 14.7. The van der Waals surface area contributed by atoms with Crippen LogP contribution in [-0.4, -0.2) is 5.78 Å². The largest absolute Gasteiger partial charge is 0.489 e. The van der Waals surface area contributed by atoms with Gasteiger partial charge in [-0.05, 0) is 48.9 Å². The number of ketones is 1. The number of carbonyl (C=O) groups excluding carboxylic acids is 1. The number of furan rings is 1. The Morgan fingerprint density at radius 3 is 2.62 bits per heavy atom. The first-order chi connectivity index (χ1) is 12.6. The molecule has 0 aliphatic carbocycles. The number of benzene rings is 2. The van der Waals surface area contributed by atoms with E-state index in [-0.39, 0.29) is 11.5 Å². The van der Waals surface area contributed by atoms with Crippen LogP contribution >= 0.6 is 11.6 Å². The van der Waals surface area contributed by atoms with Gasteiger partial charge in [-0.2, -0.15) is 0 Å². The van der Waals surface area contributed by atoms with Crippen LogP contribution in [0.1, 0.15) is 27.4 Å². The van der Waals surface area contributed by atoms with E-state index in [1.54, 1.807) is 30.3 Å². The summed E-state index contributed by atoms with van der Waals surface area (Å²) in [5.41, 5.74) is 1.51. The molecule has 0 atom stereocenters. The van der Waals surface area contributed by atoms with Gasteiger partial charge in [0.05, 0.1) is 5.56 Å². The van der Waals surface area contributed by atoms with Crippen LogP contribution in [0.15, 0.2) is 64.8 Å². The molecular formula is C21H15ClO4. The van der Waals surface area contributed by atoms with Crippen molar-refractivity contribution >= 4 is 23.5 Å². The summed E-state index contributed by atoms with van der Waals surface area (Å²) in [5.74, 6) is 2.54. The van der Waals surface area contributed by atoms with E-state index >= 15 is 0 Å². The highest BCUT2D eigenvalue weighted by Crippen LogP contribution is 2.35. The Kier molecular flexibility index (Phi) is 4.27. The van der Waals surface area contributed by atoms with Gasteiger partial charge in [0, 0.05) is 17.2 Å². The highest BCUT2D eigenvalue weighted by atomic mass is 35.5. The fourth-order valence-electron chi connectivity index (χ4n) is 2.66. The van der Waals surface area contributed by atoms with Crippen LogP contribution in [0.5, 0.6) is 11.5 Å². The number of hydrogen-bond donors (Lipinski definition) is 0. The van der Waals surface area contributed by atoms with Gasteiger partial charge in [0.15, 0.2) is 5.76 Å². The molecule has 0 bridgehead atoms. The highest BCUT2D eigenvalue weighted by molar-refractivity contribution is 6.30. The van der Waals surface area contributed by atoms with Crippen molar-refractivity contribution in [2.24, 2.45) is 0 Å². The Labute approximate surface area is 155 Å². The minimum atomic E-state index is -0.168. The fourth-order valence-corrected chi connectivity index (χ4v) is 2.79. The molecule has 1 aliphatic rings. The summed E-state index contributed by atoms with van der Waals surface area (Å²) in [7, 11) is 0. The first-order valence-electron chi connectivity index (χ1n) is 8.10. The third-order valence-electron chi connectivity index (χ3n) is 3.99. The Balaban J connectivity index is 1.50. The van der Waals surface area contributed by atoms with Gasteiger partial charge in [-0.3, -0.25) is 4.79 Å². The molecule has 2 aromatic carbocycles. The predicted molar refractivity (Wildman–Crippen MR) is 98.6 cm³/mol. The molecule has 1 aromatic heterocycles. The average Bonchev–Trinajstić information content (AvgIpc) is 3.18. The van der Waals surface area contributed by atoms with Gasteiger partial charge in [0.25, 0.3) is 0 Å². The molecule has 1 aliphatic heterocycles. The van der Waals surface area contributed by atoms with Crippen molar-refractivity contribution in [2.45, 2.75) is 13.5 Å². The summed E-state index contributed by atoms with van der Waals surface area (Å²) >= 11 is 5.88. The molecule has 2 heterocycles. The lowest BCUT2D eigenvalue weighted by Gasteiger charge is -2.07. The number of carbonyl (C=O) groups is 1. The Bertz CT molecular complexity index is 999. The molecule has 0 N–H and O–H groups in total. The smallest absolute Gasteiger partial charge is 0.232 e. The van der Waals surface area contributed by atoms with Crippen LogP contribution in [0.2, 0.25) is 5.02 Å². The Hall–Kier alpha value is -2.98. The molecule has 0 amide bonds. The summed E-state index contributed by atoms with van der Waals surface area (Å²) in [6.45, 7) is 2.25. The maximum absolute atomic E-state index is 12.4. The molecule has 130 valence electrons. The van der Waals surface area contributed by atoms with Crippen LogP contribution in [0.3, 0.4) is 0 Å². The zero-order valence-electron chi connectivity index (χ0n) is 14.0. The van der Waals surface area contributed by atoms with Crippen molar-refractivity contribution in [1.82, 2.24) is 0 Å². The first kappa shape index (κ1) is 16.5. The van der Waals surface area contributed by atoms with Crippen molar-refractivity contribution in [1.29, 1.82) is 0 Å². The van der Waals surface area contributed by atoms with Gasteiger partial charge in [0.1, 0.15) is 29.6 Å². The topological polar surface area (TPSA) is 48.7 Å². The second kappa shape index (κ2) is 6.73. The number of allylic oxidation sites excluding steroid dienone is 1. The summed E-state index contributed by atoms with van der Waals surface area (Å²) < 4.78 is 16.9. The average molecular weight is 367 g/mol. The van der Waals surface area contributed by atoms with Gasteiger partial charge in [0.2, 0.25) is 5.78 Å². The minimum absolute atomic E-state index is 0.168. The first-order valence-corrected chi connectivity index (χ1v) is 8.48. The number of aryl methyl sites for hydroxylation is 1. The van der Waals surface area contributed by atoms with Crippen LogP contribution < -0.4 is 9.47 Å². The lowest BCUT2D eigenvalue weighted by atomic mass is 10.1. The van der Waals surface area contributed by atoms with Crippen molar-refractivity contribution in [3.8, 4) is 11.5 Å². The van der Waals surface area contributed by atoms with E-state index in [0.717, 1.165) is 11.3 Å². The number of ether oxygens (including phenoxy) is 2. The maximum Gasteiger partial charge on any atom is 0.232 e. The minimum Gasteiger partial charge on any atom is -0.489 e. The SMILES string of the molecule is Cc1ccc(/C=C2\Oc3cc(OCc4ccc(Cl)cc4)ccc3C2=O)o1. The van der Waals surface area contributed by atoms with Crippen LogP contribution in [0.25, 0.3) is 6.08 Å². The van der Waals surface area contributed by atoms with Crippen molar-refractivity contribution in [2.75, 3.05) is 0 Å². The van der Waals surface area contributed by atoms with Crippen LogP contribution in [-0.2, 0) is 6.61 Å². The van der Waals surface area contributed by atoms with Gasteiger partial charge < -0.3 is 13.9 Å². The summed E-state index contributed by atoms with van der Waals surface area (Å²) in [4.78, 5) is 12.4. The summed E-state index contributed by atoms with van der Waals surface area (Å²) in [5, 5.41) is 0.685. The van der Waals surface area contributed by atoms with Crippen LogP contribution in [0.4, 0.5) is 0 Å². The zero-order chi connectivity index (χ0) is 18.1. The van der Waals surface area contributed by atoms with Crippen molar-refractivity contribution in [3.63, 3.8) is 0 Å². The van der Waals surface area contributed by atoms with Crippen LogP contribution in [0, 0.1) is 6.92 Å². The number of halogens is 1. The molecular weight excluding hydrogens is 352 g/mol. The van der Waals surface area contributed by atoms with Gasteiger partial charge >= 0.3 is 0 Å². The van der Waals surface area contributed by atoms with Gasteiger partial charge in [-0.1, -0.05) is 23.7 Å². The monoisotopic (exact) mass is 366 g/mol. The predicted octanol–water partition coefficient (Wildman–Crippen LogP) is 5.44. The van der Waals surface area contributed by atoms with E-state index in [1.165, 1.54) is 0 Å². The van der Waals surface area contributed by atoms with E-state index in [4.69, 9.17) is 25.5 Å². The molecule has 0 radical (unpaired) electrons. The molecule has 0 saturated carbocycles. The van der Waals surface area contributed by atoms with E-state index < -0.39 is 0 Å². The number of Topliss-reactive ketones (excluding diaryl/α,β-unsaturated/α-hetero) is 1. The molecule has 0 fully saturated rings. The van der Waals surface area contributed by atoms with E-state index in [0.29, 0.717) is 34.5 Å². The quantitative estimate of drug-likeness (QED) is 0.577. The molecule has 4 nitrogen and oxygen atoms in total. The molecule has 0 unspecified atom stereocenters. The van der Waals surface area contributed by atoms with Gasteiger partial charge in [-0.15, -0.1) is 0 Å². The summed E-state index contributed by atoms with van der Waals surface area (Å²) in [6.07, 6.45) is 1.60. The molecule has 0 spiro atoms. The molecule has 4 rings (SSSR count). The van der Waals surface area contributed by atoms with E-state index in [9.17, 15) is 4.79 Å². The van der Waals surface area contributed by atoms with Crippen molar-refractivity contribution < 1.29 is 18.7 Å². The number of hydrogen-bond acceptors (Lipinski definition) is 4. The third kappa shape index (κ3) is 3.37. The van der Waals surface area contributed by atoms with Gasteiger partial charge in [-0.25, -0.2) is 0 Å². The standard InChI is InChI=1S/C21H15ClO4/c1-13-2-7-17(25-13)11-20-21(23)18-9-8-16(10-19(18)26-20)24-12-14-3-5-15(22)6-4-14/h2-11H,12H2,1H3/b20-11-. The third-order valence-corrected chi connectivity index (χ3v) is 4.25. The van der Waals surface area contributed by atoms with E-state index in [1.807, 2.05) is 37.3 Å². The number of rotatable bonds is 4. The second-order valence-corrected chi connectivity index (χ2v) is 6.40. The van der Waals surface area contributed by atoms with E-state index in [2.05, 4.69) is 0 Å². The fraction of sp³-hybridized carbons (Fsp3) is 0.0952. The maximum atomic E-state index is 12.4. The Morgan fingerprint density at radius 2 is 1.88 bits per heavy atom. The highest BCUT2D eigenvalue weighted by Gasteiger charge is 2.28. The number of fused-ring (bicyclic) bond motifs is 1. The molecule has 3 aromatic rings. The molecule has 0 saturated heterocycles. The van der Waals surface area contributed by atoms with Crippen molar-refractivity contribution in [3.05, 3.63) is 88.0 Å². The molecule has 5 heteroatoms. The second-order valence-electron chi connectivity index (χ2n) is 5.96. The molecule has 26 heavy (non-hydrogen) atoms. The lowest BCUT2D eigenvalue weighted by molar-refractivity contribution is 0.101. The lowest BCUT2D eigenvalue weighted by Crippen LogP contribution is -1.97. The summed E-state index contributed by atoms with van der Waals surface area (Å²) in [6, 6.07) is 16.3. The normalized spacial score (nSPS) is 14.4.